The van der Waals surface area contributed by atoms with Crippen molar-refractivity contribution in [2.24, 2.45) is 5.92 Å². The van der Waals surface area contributed by atoms with Gasteiger partial charge in [-0.25, -0.2) is 18.1 Å². The number of ether oxygens (including phenoxy) is 1. The largest absolute Gasteiger partial charge is 0.469 e. The van der Waals surface area contributed by atoms with Crippen molar-refractivity contribution >= 4 is 49.2 Å². The average molecular weight is 881 g/mol. The van der Waals surface area contributed by atoms with Crippen LogP contribution in [0.2, 0.25) is 0 Å². The van der Waals surface area contributed by atoms with Crippen molar-refractivity contribution in [1.82, 2.24) is 30.7 Å². The zero-order valence-electron chi connectivity index (χ0n) is 34.6. The van der Waals surface area contributed by atoms with E-state index in [9.17, 15) is 56.7 Å². The van der Waals surface area contributed by atoms with Crippen LogP contribution in [0.4, 0.5) is 8.78 Å². The Balaban J connectivity index is 1.57. The second kappa shape index (κ2) is 20.4. The number of allylic oxidation sites excluding steroid dienone is 1. The summed E-state index contributed by atoms with van der Waals surface area (Å²) in [5.74, 6) is -7.93. The van der Waals surface area contributed by atoms with Crippen molar-refractivity contribution in [2.75, 3.05) is 19.6 Å². The Morgan fingerprint density at radius 2 is 1.64 bits per heavy atom. The molecule has 1 aromatic carbocycles. The van der Waals surface area contributed by atoms with Gasteiger partial charge in [0.15, 0.2) is 0 Å². The minimum Gasteiger partial charge on any atom is -0.458 e. The Morgan fingerprint density at radius 3 is 2.31 bits per heavy atom. The van der Waals surface area contributed by atoms with Crippen molar-refractivity contribution < 1.29 is 66.0 Å². The number of benzene rings is 1. The fourth-order valence-corrected chi connectivity index (χ4v) is 8.93. The van der Waals surface area contributed by atoms with Gasteiger partial charge in [0.05, 0.1) is 6.10 Å². The predicted molar refractivity (Wildman–Crippen MR) is 211 cm³/mol. The summed E-state index contributed by atoms with van der Waals surface area (Å²) in [4.78, 5) is 121. The van der Waals surface area contributed by atoms with Gasteiger partial charge >= 0.3 is 13.8 Å². The molecule has 18 nitrogen and oxygen atoms in total. The van der Waals surface area contributed by atoms with Crippen LogP contribution in [0, 0.1) is 17.6 Å². The molecule has 1 aromatic rings. The molecule has 0 aliphatic carbocycles. The van der Waals surface area contributed by atoms with Gasteiger partial charge in [-0.1, -0.05) is 32.8 Å². The van der Waals surface area contributed by atoms with Crippen LogP contribution >= 0.6 is 7.82 Å². The minimum atomic E-state index is -5.19. The lowest BCUT2D eigenvalue weighted by molar-refractivity contribution is -0.163. The maximum atomic E-state index is 14.9. The standard InChI is InChI=1S/C40H55F2N6O12P/c1-5-6-7-8-12-33(49)44-29(17-25-15-26(41)18-27(42)16-25)35(50)45-34-24(4)59-40(55)32-14-22(2)20-47(32)37(52)23(3)43-36(51)30-11-9-10-13-46(30)38(53)31-19-28(60-61(56,57)58)21-48(31)39(34)54/h8,12,15-16,18,22-24,28-32,34H,5-7,9-11,13-14,17,19-21H2,1-4H3,(H,43,51)(H,44,49)(H,45,50)(H2,56,57,58)/b12-8+/t22-,23-,24-,28+,29-,30-,31-,32-,34-/m0/s1. The first-order chi connectivity index (χ1) is 28.8. The fraction of sp³-hybridized carbons (Fsp3) is 0.625. The second-order valence-corrected chi connectivity index (χ2v) is 17.5. The Hall–Kier alpha value is -4.78. The molecule has 0 spiro atoms. The minimum absolute atomic E-state index is 0.0335. The first-order valence-electron chi connectivity index (χ1n) is 20.6. The molecule has 5 N–H and O–H groups in total. The zero-order chi connectivity index (χ0) is 44.8. The molecule has 4 saturated heterocycles. The quantitative estimate of drug-likeness (QED) is 0.0917. The Morgan fingerprint density at radius 1 is 0.951 bits per heavy atom. The molecule has 0 bridgehead atoms. The predicted octanol–water partition coefficient (Wildman–Crippen LogP) is 1.37. The van der Waals surface area contributed by atoms with Crippen LogP contribution in [0.5, 0.6) is 0 Å². The number of nitrogens with zero attached hydrogens (tertiary/aromatic N) is 3. The lowest BCUT2D eigenvalue weighted by Crippen LogP contribution is -2.63. The number of phosphoric acid groups is 1. The first-order valence-corrected chi connectivity index (χ1v) is 22.2. The van der Waals surface area contributed by atoms with Gasteiger partial charge in [-0.2, -0.15) is 0 Å². The summed E-state index contributed by atoms with van der Waals surface area (Å²) < 4.78 is 51.4. The number of nitrogens with one attached hydrogen (secondary N) is 3. The topological polar surface area (TPSA) is 241 Å². The number of piperidine rings is 1. The van der Waals surface area contributed by atoms with E-state index >= 15 is 0 Å². The van der Waals surface area contributed by atoms with Crippen LogP contribution in [0.1, 0.15) is 84.6 Å². The van der Waals surface area contributed by atoms with E-state index in [-0.39, 0.29) is 37.4 Å². The maximum Gasteiger partial charge on any atom is 0.469 e. The summed E-state index contributed by atoms with van der Waals surface area (Å²) in [5, 5.41) is 7.70. The van der Waals surface area contributed by atoms with Crippen LogP contribution in [0.25, 0.3) is 0 Å². The van der Waals surface area contributed by atoms with E-state index in [0.29, 0.717) is 25.3 Å². The van der Waals surface area contributed by atoms with Crippen molar-refractivity contribution in [1.29, 1.82) is 0 Å². The van der Waals surface area contributed by atoms with Gasteiger partial charge in [-0.05, 0) is 75.6 Å². The normalized spacial score (nSPS) is 28.5. The van der Waals surface area contributed by atoms with E-state index in [1.54, 1.807) is 6.08 Å². The monoisotopic (exact) mass is 880 g/mol. The molecule has 4 aliphatic rings. The van der Waals surface area contributed by atoms with Crippen molar-refractivity contribution in [2.45, 2.75) is 134 Å². The Labute approximate surface area is 352 Å². The number of phosphoric ester groups is 1. The smallest absolute Gasteiger partial charge is 0.458 e. The van der Waals surface area contributed by atoms with Crippen LogP contribution in [-0.2, 0) is 53.8 Å². The number of hydrogen-bond acceptors (Lipinski definition) is 10. The van der Waals surface area contributed by atoms with Gasteiger partial charge in [0.1, 0.15) is 54.0 Å². The van der Waals surface area contributed by atoms with E-state index in [0.717, 1.165) is 29.9 Å². The van der Waals surface area contributed by atoms with Gasteiger partial charge in [0.2, 0.25) is 35.4 Å². The fourth-order valence-electron chi connectivity index (χ4n) is 8.39. The van der Waals surface area contributed by atoms with Crippen LogP contribution < -0.4 is 16.0 Å². The van der Waals surface area contributed by atoms with Crippen molar-refractivity contribution in [3.8, 4) is 0 Å². The summed E-state index contributed by atoms with van der Waals surface area (Å²) in [7, 11) is -5.19. The number of esters is 1. The van der Waals surface area contributed by atoms with E-state index < -0.39 is 129 Å². The number of fused-ring (bicyclic) bond motifs is 3. The summed E-state index contributed by atoms with van der Waals surface area (Å²) in [5.41, 5.74) is -0.0335. The summed E-state index contributed by atoms with van der Waals surface area (Å²) in [6.07, 6.45) is 2.43. The second-order valence-electron chi connectivity index (χ2n) is 16.3. The third-order valence-electron chi connectivity index (χ3n) is 11.3. The molecule has 9 atom stereocenters. The molecule has 4 heterocycles. The lowest BCUT2D eigenvalue weighted by atomic mass is 9.98. The van der Waals surface area contributed by atoms with E-state index in [1.807, 2.05) is 13.8 Å². The first kappa shape index (κ1) is 47.3. The van der Waals surface area contributed by atoms with Gasteiger partial charge in [-0.3, -0.25) is 33.3 Å². The number of hydrogen-bond donors (Lipinski definition) is 5. The maximum absolute atomic E-state index is 14.9. The highest BCUT2D eigenvalue weighted by atomic mass is 31.2. The summed E-state index contributed by atoms with van der Waals surface area (Å²) in [6, 6.07) is -5.79. The van der Waals surface area contributed by atoms with Crippen LogP contribution in [0.3, 0.4) is 0 Å². The zero-order valence-corrected chi connectivity index (χ0v) is 35.5. The Bertz CT molecular complexity index is 1910. The average Bonchev–Trinajstić information content (AvgIpc) is 3.79. The molecule has 6 amide bonds. The molecular formula is C40H55F2N6O12P. The number of rotatable bonds is 11. The summed E-state index contributed by atoms with van der Waals surface area (Å²) in [6.45, 7) is 6.11. The third-order valence-corrected chi connectivity index (χ3v) is 11.9. The lowest BCUT2D eigenvalue weighted by Gasteiger charge is -2.39. The molecule has 21 heteroatoms. The molecule has 0 radical (unpaired) electrons. The summed E-state index contributed by atoms with van der Waals surface area (Å²) >= 11 is 0. The molecule has 4 fully saturated rings. The molecule has 0 saturated carbocycles. The number of cyclic esters (lactones) is 1. The molecule has 0 unspecified atom stereocenters. The van der Waals surface area contributed by atoms with Gasteiger partial charge in [-0.15, -0.1) is 0 Å². The Kier molecular flexibility index (Phi) is 15.8. The number of amides is 6. The van der Waals surface area contributed by atoms with E-state index in [1.165, 1.54) is 29.7 Å². The molecule has 0 aromatic heterocycles. The SMILES string of the molecule is CCCC/C=C/C(=O)N[C@@H](Cc1cc(F)cc(F)c1)C(=O)N[C@@H]1C(=O)N2C[C@H](OP(=O)(O)O)C[C@H]2C(=O)N2CCCC[C@H]2C(=O)N[C@@H](C)C(=O)N2C[C@@H](C)C[C@H]2C(=O)O[C@H]1C. The molecule has 61 heavy (non-hydrogen) atoms. The van der Waals surface area contributed by atoms with Crippen LogP contribution in [0.15, 0.2) is 30.4 Å². The van der Waals surface area contributed by atoms with E-state index in [4.69, 9.17) is 9.26 Å². The number of carbonyl (C=O) groups excluding carboxylic acids is 7. The number of carbonyl (C=O) groups is 7. The molecule has 5 rings (SSSR count). The van der Waals surface area contributed by atoms with Crippen molar-refractivity contribution in [3.05, 3.63) is 47.5 Å². The highest BCUT2D eigenvalue weighted by Crippen LogP contribution is 2.41. The van der Waals surface area contributed by atoms with E-state index in [2.05, 4.69) is 16.0 Å². The highest BCUT2D eigenvalue weighted by Gasteiger charge is 2.50. The number of unbranched alkanes of at least 4 members (excludes halogenated alkanes) is 2. The highest BCUT2D eigenvalue weighted by molar-refractivity contribution is 7.46. The van der Waals surface area contributed by atoms with Gasteiger partial charge < -0.3 is 45.2 Å². The number of halogens is 2. The van der Waals surface area contributed by atoms with Crippen LogP contribution in [-0.4, -0.2) is 134 Å². The third kappa shape index (κ3) is 12.2. The van der Waals surface area contributed by atoms with Gasteiger partial charge in [0.25, 0.3) is 0 Å². The molecule has 4 aliphatic heterocycles. The molecular weight excluding hydrogens is 825 g/mol. The van der Waals surface area contributed by atoms with Gasteiger partial charge in [0, 0.05) is 38.5 Å². The molecule has 336 valence electrons. The van der Waals surface area contributed by atoms with Crippen molar-refractivity contribution in [3.63, 3.8) is 0 Å².